The molecule has 0 radical (unpaired) electrons. The maximum atomic E-state index is 12.8. The minimum atomic E-state index is 0.0660. The quantitative estimate of drug-likeness (QED) is 0.823. The largest absolute Gasteiger partial charge is 0.324 e. The second-order valence-corrected chi connectivity index (χ2v) is 5.68. The van der Waals surface area contributed by atoms with Crippen molar-refractivity contribution in [2.75, 3.05) is 11.9 Å². The van der Waals surface area contributed by atoms with Gasteiger partial charge in [0.25, 0.3) is 0 Å². The lowest BCUT2D eigenvalue weighted by Gasteiger charge is -2.28. The van der Waals surface area contributed by atoms with E-state index in [0.717, 1.165) is 17.7 Å². The molecule has 0 aromatic heterocycles. The first-order valence-corrected chi connectivity index (χ1v) is 7.33. The Bertz CT molecular complexity index is 639. The molecule has 1 aliphatic heterocycles. The maximum Gasteiger partial charge on any atom is 0.324 e. The van der Waals surface area contributed by atoms with E-state index in [1.807, 2.05) is 60.5 Å². The van der Waals surface area contributed by atoms with Gasteiger partial charge < -0.3 is 4.90 Å². The Balaban J connectivity index is 1.79. The molecule has 21 heavy (non-hydrogen) atoms. The van der Waals surface area contributed by atoms with E-state index in [9.17, 15) is 4.79 Å². The molecule has 0 fully saturated rings. The molecule has 1 atom stereocenters. The van der Waals surface area contributed by atoms with Gasteiger partial charge in [-0.1, -0.05) is 48.5 Å². The van der Waals surface area contributed by atoms with Crippen molar-refractivity contribution in [3.63, 3.8) is 0 Å². The molecule has 0 saturated carbocycles. The molecule has 1 heterocycles. The van der Waals surface area contributed by atoms with E-state index in [2.05, 4.69) is 13.0 Å². The molecule has 2 amide bonds. The number of rotatable bonds is 2. The number of hydrogen-bond donors (Lipinski definition) is 0. The molecule has 0 spiro atoms. The number of para-hydroxylation sites is 1. The molecule has 2 aromatic rings. The minimum absolute atomic E-state index is 0.0660. The smallest absolute Gasteiger partial charge is 0.323 e. The van der Waals surface area contributed by atoms with Crippen LogP contribution >= 0.6 is 0 Å². The average Bonchev–Trinajstić information content (AvgIpc) is 2.83. The van der Waals surface area contributed by atoms with E-state index in [1.165, 1.54) is 5.56 Å². The lowest BCUT2D eigenvalue weighted by atomic mass is 10.1. The van der Waals surface area contributed by atoms with Crippen molar-refractivity contribution in [2.24, 2.45) is 0 Å². The lowest BCUT2D eigenvalue weighted by molar-refractivity contribution is 0.212. The number of urea groups is 1. The molecule has 0 N–H and O–H groups in total. The summed E-state index contributed by atoms with van der Waals surface area (Å²) in [6.45, 7) is 2.74. The Labute approximate surface area is 125 Å². The number of amides is 2. The molecule has 3 heteroatoms. The highest BCUT2D eigenvalue weighted by Crippen LogP contribution is 2.32. The standard InChI is InChI=1S/C18H20N2O/c1-14-12-16-10-6-7-11-17(16)20(14)18(21)19(2)13-15-8-4-3-5-9-15/h3-11,14H,12-13H2,1-2H3. The lowest BCUT2D eigenvalue weighted by Crippen LogP contribution is -2.43. The molecule has 0 bridgehead atoms. The Morgan fingerprint density at radius 2 is 1.81 bits per heavy atom. The van der Waals surface area contributed by atoms with Crippen LogP contribution in [-0.4, -0.2) is 24.0 Å². The normalized spacial score (nSPS) is 16.7. The fourth-order valence-corrected chi connectivity index (χ4v) is 2.97. The van der Waals surface area contributed by atoms with Crippen LogP contribution < -0.4 is 4.90 Å². The molecule has 0 aliphatic carbocycles. The second-order valence-electron chi connectivity index (χ2n) is 5.68. The summed E-state index contributed by atoms with van der Waals surface area (Å²) in [6, 6.07) is 18.5. The van der Waals surface area contributed by atoms with Crippen LogP contribution in [-0.2, 0) is 13.0 Å². The summed E-state index contributed by atoms with van der Waals surface area (Å²) in [5, 5.41) is 0. The van der Waals surface area contributed by atoms with Gasteiger partial charge in [-0.25, -0.2) is 4.79 Å². The van der Waals surface area contributed by atoms with Gasteiger partial charge in [-0.2, -0.15) is 0 Å². The van der Waals surface area contributed by atoms with Crippen molar-refractivity contribution in [3.8, 4) is 0 Å². The van der Waals surface area contributed by atoms with Gasteiger partial charge in [0.15, 0.2) is 0 Å². The fraction of sp³-hybridized carbons (Fsp3) is 0.278. The Morgan fingerprint density at radius 3 is 2.57 bits per heavy atom. The summed E-state index contributed by atoms with van der Waals surface area (Å²) in [4.78, 5) is 16.5. The third-order valence-corrected chi connectivity index (χ3v) is 4.00. The number of nitrogens with zero attached hydrogens (tertiary/aromatic N) is 2. The Kier molecular flexibility index (Phi) is 3.65. The van der Waals surface area contributed by atoms with Crippen LogP contribution in [0.3, 0.4) is 0 Å². The first-order valence-electron chi connectivity index (χ1n) is 7.33. The summed E-state index contributed by atoms with van der Waals surface area (Å²) < 4.78 is 0. The van der Waals surface area contributed by atoms with Gasteiger partial charge in [-0.05, 0) is 30.5 Å². The second kappa shape index (κ2) is 5.60. The van der Waals surface area contributed by atoms with E-state index in [0.29, 0.717) is 6.54 Å². The van der Waals surface area contributed by atoms with Crippen molar-refractivity contribution in [1.82, 2.24) is 4.90 Å². The van der Waals surface area contributed by atoms with Crippen LogP contribution in [0.4, 0.5) is 10.5 Å². The van der Waals surface area contributed by atoms with Gasteiger partial charge in [-0.15, -0.1) is 0 Å². The third-order valence-electron chi connectivity index (χ3n) is 4.00. The van der Waals surface area contributed by atoms with Gasteiger partial charge in [0.2, 0.25) is 0 Å². The topological polar surface area (TPSA) is 23.6 Å². The molecule has 1 aliphatic rings. The molecule has 108 valence electrons. The van der Waals surface area contributed by atoms with Crippen LogP contribution in [0.5, 0.6) is 0 Å². The van der Waals surface area contributed by atoms with Crippen molar-refractivity contribution < 1.29 is 4.79 Å². The van der Waals surface area contributed by atoms with E-state index in [-0.39, 0.29) is 12.1 Å². The number of fused-ring (bicyclic) bond motifs is 1. The van der Waals surface area contributed by atoms with Crippen LogP contribution in [0.2, 0.25) is 0 Å². The zero-order valence-corrected chi connectivity index (χ0v) is 12.5. The summed E-state index contributed by atoms with van der Waals surface area (Å²) in [5.41, 5.74) is 3.45. The highest BCUT2D eigenvalue weighted by atomic mass is 16.2. The highest BCUT2D eigenvalue weighted by Gasteiger charge is 2.32. The van der Waals surface area contributed by atoms with Crippen molar-refractivity contribution >= 4 is 11.7 Å². The number of carbonyl (C=O) groups is 1. The van der Waals surface area contributed by atoms with Crippen LogP contribution in [0.15, 0.2) is 54.6 Å². The molecule has 0 saturated heterocycles. The molecule has 3 nitrogen and oxygen atoms in total. The van der Waals surface area contributed by atoms with Gasteiger partial charge in [-0.3, -0.25) is 4.90 Å². The number of benzene rings is 2. The number of hydrogen-bond acceptors (Lipinski definition) is 1. The van der Waals surface area contributed by atoms with E-state index >= 15 is 0 Å². The maximum absolute atomic E-state index is 12.8. The molecular formula is C18H20N2O. The number of anilines is 1. The van der Waals surface area contributed by atoms with Crippen LogP contribution in [0, 0.1) is 0 Å². The van der Waals surface area contributed by atoms with Gasteiger partial charge in [0, 0.05) is 25.3 Å². The summed E-state index contributed by atoms with van der Waals surface area (Å²) >= 11 is 0. The molecule has 1 unspecified atom stereocenters. The zero-order chi connectivity index (χ0) is 14.8. The third kappa shape index (κ3) is 2.64. The van der Waals surface area contributed by atoms with E-state index in [1.54, 1.807) is 4.90 Å². The van der Waals surface area contributed by atoms with E-state index in [4.69, 9.17) is 0 Å². The summed E-state index contributed by atoms with van der Waals surface area (Å²) in [5.74, 6) is 0. The fourth-order valence-electron chi connectivity index (χ4n) is 2.97. The van der Waals surface area contributed by atoms with E-state index < -0.39 is 0 Å². The van der Waals surface area contributed by atoms with Crippen LogP contribution in [0.1, 0.15) is 18.1 Å². The Morgan fingerprint density at radius 1 is 1.14 bits per heavy atom. The summed E-state index contributed by atoms with van der Waals surface area (Å²) in [7, 11) is 1.86. The van der Waals surface area contributed by atoms with Crippen LogP contribution in [0.25, 0.3) is 0 Å². The first-order chi connectivity index (χ1) is 10.2. The van der Waals surface area contributed by atoms with Crippen molar-refractivity contribution in [2.45, 2.75) is 25.9 Å². The predicted molar refractivity (Wildman–Crippen MR) is 85.4 cm³/mol. The monoisotopic (exact) mass is 280 g/mol. The zero-order valence-electron chi connectivity index (χ0n) is 12.5. The minimum Gasteiger partial charge on any atom is -0.323 e. The molecular weight excluding hydrogens is 260 g/mol. The molecule has 3 rings (SSSR count). The predicted octanol–water partition coefficient (Wildman–Crippen LogP) is 3.69. The number of carbonyl (C=O) groups excluding carboxylic acids is 1. The average molecular weight is 280 g/mol. The first kappa shape index (κ1) is 13.7. The van der Waals surface area contributed by atoms with Crippen molar-refractivity contribution in [1.29, 1.82) is 0 Å². The SMILES string of the molecule is CC1Cc2ccccc2N1C(=O)N(C)Cc1ccccc1. The van der Waals surface area contributed by atoms with Gasteiger partial charge in [0.05, 0.1) is 0 Å². The molecule has 2 aromatic carbocycles. The Hall–Kier alpha value is -2.29. The summed E-state index contributed by atoms with van der Waals surface area (Å²) in [6.07, 6.45) is 0.932. The van der Waals surface area contributed by atoms with Gasteiger partial charge >= 0.3 is 6.03 Å². The van der Waals surface area contributed by atoms with Crippen molar-refractivity contribution in [3.05, 3.63) is 65.7 Å². The highest BCUT2D eigenvalue weighted by molar-refractivity contribution is 5.94. The van der Waals surface area contributed by atoms with Gasteiger partial charge in [0.1, 0.15) is 0 Å².